The number of anilines is 2. The van der Waals surface area contributed by atoms with Gasteiger partial charge in [0.1, 0.15) is 24.0 Å². The number of likely N-dealkylation sites (tertiary alicyclic amines) is 1. The van der Waals surface area contributed by atoms with Crippen LogP contribution in [-0.4, -0.2) is 53.5 Å². The van der Waals surface area contributed by atoms with Crippen LogP contribution in [0, 0.1) is 17.5 Å². The number of benzene rings is 3. The van der Waals surface area contributed by atoms with Gasteiger partial charge in [-0.25, -0.2) is 13.2 Å². The Morgan fingerprint density at radius 1 is 0.925 bits per heavy atom. The molecule has 9 heteroatoms. The molecule has 1 saturated heterocycles. The van der Waals surface area contributed by atoms with Gasteiger partial charge in [-0.15, -0.1) is 0 Å². The lowest BCUT2D eigenvalue weighted by molar-refractivity contribution is 0.0639. The van der Waals surface area contributed by atoms with Crippen LogP contribution in [0.25, 0.3) is 10.9 Å². The minimum absolute atomic E-state index is 0.0634. The standard InChI is InChI=1S/C31H29F3N4O2/c32-19-5-4-6-21(15-19)38-29-25(16-20(33)17-26(29)34)31(39)37-12-9-23-24-18-22(7-8-27(24)35-28(23)30(37)38)40-14-13-36-10-2-1-3-11-36/h4-8,15-18,30,35H,1-3,9-14H2. The van der Waals surface area contributed by atoms with E-state index in [1.807, 2.05) is 18.2 Å². The Hall–Kier alpha value is -3.98. The fourth-order valence-electron chi connectivity index (χ4n) is 6.44. The van der Waals surface area contributed by atoms with E-state index in [9.17, 15) is 13.6 Å². The van der Waals surface area contributed by atoms with E-state index in [0.717, 1.165) is 59.7 Å². The number of piperidine rings is 1. The average molecular weight is 547 g/mol. The largest absolute Gasteiger partial charge is 0.492 e. The van der Waals surface area contributed by atoms with E-state index in [1.165, 1.54) is 37.5 Å². The summed E-state index contributed by atoms with van der Waals surface area (Å²) < 4.78 is 50.2. The highest BCUT2D eigenvalue weighted by Crippen LogP contribution is 2.48. The first kappa shape index (κ1) is 25.0. The fraction of sp³-hybridized carbons (Fsp3) is 0.323. The third-order valence-corrected chi connectivity index (χ3v) is 8.28. The van der Waals surface area contributed by atoms with E-state index >= 15 is 4.39 Å². The number of fused-ring (bicyclic) bond motifs is 6. The molecule has 1 atom stereocenters. The summed E-state index contributed by atoms with van der Waals surface area (Å²) in [5.41, 5.74) is 2.81. The zero-order chi connectivity index (χ0) is 27.4. The number of aromatic nitrogens is 1. The molecule has 1 aromatic heterocycles. The number of hydrogen-bond acceptors (Lipinski definition) is 4. The molecule has 3 aromatic carbocycles. The smallest absolute Gasteiger partial charge is 0.258 e. The molecule has 3 aliphatic heterocycles. The van der Waals surface area contributed by atoms with Gasteiger partial charge < -0.3 is 19.5 Å². The SMILES string of the molecule is O=C1c2cc(F)cc(F)c2N(c2cccc(F)c2)C2c3[nH]c4ccc(OCCN5CCCCC5)cc4c3CCN12. The van der Waals surface area contributed by atoms with Crippen molar-refractivity contribution in [1.82, 2.24) is 14.8 Å². The van der Waals surface area contributed by atoms with Crippen LogP contribution in [0.5, 0.6) is 5.75 Å². The average Bonchev–Trinajstić information content (AvgIpc) is 3.32. The van der Waals surface area contributed by atoms with Crippen molar-refractivity contribution in [2.45, 2.75) is 31.8 Å². The van der Waals surface area contributed by atoms with Crippen LogP contribution >= 0.6 is 0 Å². The highest BCUT2D eigenvalue weighted by molar-refractivity contribution is 6.04. The first-order valence-corrected chi connectivity index (χ1v) is 13.8. The maximum absolute atomic E-state index is 15.4. The molecule has 6 nitrogen and oxygen atoms in total. The number of ether oxygens (including phenoxy) is 1. The normalized spacial score (nSPS) is 19.0. The maximum Gasteiger partial charge on any atom is 0.258 e. The van der Waals surface area contributed by atoms with Gasteiger partial charge in [-0.2, -0.15) is 0 Å². The van der Waals surface area contributed by atoms with Crippen LogP contribution < -0.4 is 9.64 Å². The molecule has 0 spiro atoms. The molecule has 206 valence electrons. The van der Waals surface area contributed by atoms with Crippen molar-refractivity contribution in [2.75, 3.05) is 37.7 Å². The van der Waals surface area contributed by atoms with Crippen molar-refractivity contribution in [2.24, 2.45) is 0 Å². The van der Waals surface area contributed by atoms with Gasteiger partial charge in [0.15, 0.2) is 12.0 Å². The molecule has 1 amide bonds. The minimum Gasteiger partial charge on any atom is -0.492 e. The van der Waals surface area contributed by atoms with E-state index in [2.05, 4.69) is 9.88 Å². The molecule has 0 saturated carbocycles. The predicted molar refractivity (Wildman–Crippen MR) is 146 cm³/mol. The summed E-state index contributed by atoms with van der Waals surface area (Å²) in [6, 6.07) is 13.5. The Kier molecular flexibility index (Phi) is 6.19. The number of H-pyrrole nitrogens is 1. The minimum atomic E-state index is -0.875. The summed E-state index contributed by atoms with van der Waals surface area (Å²) in [5.74, 6) is -1.90. The zero-order valence-electron chi connectivity index (χ0n) is 21.9. The summed E-state index contributed by atoms with van der Waals surface area (Å²) in [7, 11) is 0. The Balaban J connectivity index is 1.29. The van der Waals surface area contributed by atoms with Crippen LogP contribution in [-0.2, 0) is 6.42 Å². The molecular formula is C31H29F3N4O2. The molecule has 1 unspecified atom stereocenters. The van der Waals surface area contributed by atoms with Crippen molar-refractivity contribution in [3.63, 3.8) is 0 Å². The summed E-state index contributed by atoms with van der Waals surface area (Å²) in [6.07, 6.45) is 3.55. The highest BCUT2D eigenvalue weighted by atomic mass is 19.1. The lowest BCUT2D eigenvalue weighted by atomic mass is 9.94. The maximum atomic E-state index is 15.4. The van der Waals surface area contributed by atoms with Crippen molar-refractivity contribution < 1.29 is 22.7 Å². The van der Waals surface area contributed by atoms with Gasteiger partial charge in [0.05, 0.1) is 16.9 Å². The third kappa shape index (κ3) is 4.20. The van der Waals surface area contributed by atoms with Crippen LogP contribution in [0.4, 0.5) is 24.5 Å². The van der Waals surface area contributed by atoms with E-state index in [0.29, 0.717) is 25.3 Å². The van der Waals surface area contributed by atoms with Gasteiger partial charge in [0, 0.05) is 35.7 Å². The Morgan fingerprint density at radius 2 is 1.77 bits per heavy atom. The van der Waals surface area contributed by atoms with Crippen molar-refractivity contribution in [1.29, 1.82) is 0 Å². The van der Waals surface area contributed by atoms with Gasteiger partial charge in [-0.05, 0) is 80.4 Å². The quantitative estimate of drug-likeness (QED) is 0.319. The number of carbonyl (C=O) groups excluding carboxylic acids is 1. The number of hydrogen-bond donors (Lipinski definition) is 1. The summed E-state index contributed by atoms with van der Waals surface area (Å²) >= 11 is 0. The van der Waals surface area contributed by atoms with E-state index in [1.54, 1.807) is 15.9 Å². The highest BCUT2D eigenvalue weighted by Gasteiger charge is 2.45. The van der Waals surface area contributed by atoms with Crippen LogP contribution in [0.15, 0.2) is 54.6 Å². The Morgan fingerprint density at radius 3 is 2.60 bits per heavy atom. The summed E-state index contributed by atoms with van der Waals surface area (Å²) in [5, 5.41) is 0.974. The first-order chi connectivity index (χ1) is 19.5. The molecule has 4 heterocycles. The second-order valence-corrected chi connectivity index (χ2v) is 10.7. The van der Waals surface area contributed by atoms with Gasteiger partial charge >= 0.3 is 0 Å². The number of nitrogens with zero attached hydrogens (tertiary/aromatic N) is 3. The van der Waals surface area contributed by atoms with Gasteiger partial charge in [0.2, 0.25) is 0 Å². The van der Waals surface area contributed by atoms with E-state index in [-0.39, 0.29) is 11.3 Å². The third-order valence-electron chi connectivity index (χ3n) is 8.28. The van der Waals surface area contributed by atoms with Gasteiger partial charge in [-0.3, -0.25) is 9.69 Å². The number of aromatic amines is 1. The number of carbonyl (C=O) groups is 1. The topological polar surface area (TPSA) is 51.8 Å². The lowest BCUT2D eigenvalue weighted by Gasteiger charge is -2.47. The molecular weight excluding hydrogens is 517 g/mol. The molecule has 1 N–H and O–H groups in total. The monoisotopic (exact) mass is 546 g/mol. The van der Waals surface area contributed by atoms with Gasteiger partial charge in [-0.1, -0.05) is 12.5 Å². The number of halogens is 3. The first-order valence-electron chi connectivity index (χ1n) is 13.8. The van der Waals surface area contributed by atoms with Gasteiger partial charge in [0.25, 0.3) is 5.91 Å². The molecule has 4 aromatic rings. The number of rotatable bonds is 5. The van der Waals surface area contributed by atoms with Crippen LogP contribution in [0.3, 0.4) is 0 Å². The second-order valence-electron chi connectivity index (χ2n) is 10.7. The molecule has 7 rings (SSSR count). The van der Waals surface area contributed by atoms with Crippen molar-refractivity contribution in [3.8, 4) is 5.75 Å². The Bertz CT molecular complexity index is 1610. The van der Waals surface area contributed by atoms with E-state index in [4.69, 9.17) is 4.74 Å². The number of amides is 1. The van der Waals surface area contributed by atoms with E-state index < -0.39 is 29.5 Å². The predicted octanol–water partition coefficient (Wildman–Crippen LogP) is 6.30. The molecule has 1 fully saturated rings. The van der Waals surface area contributed by atoms with Crippen LogP contribution in [0.1, 0.15) is 47.0 Å². The van der Waals surface area contributed by atoms with Crippen molar-refractivity contribution >= 4 is 28.2 Å². The summed E-state index contributed by atoms with van der Waals surface area (Å²) in [6.45, 7) is 4.05. The van der Waals surface area contributed by atoms with Crippen molar-refractivity contribution in [3.05, 3.63) is 88.9 Å². The van der Waals surface area contributed by atoms with Crippen LogP contribution in [0.2, 0.25) is 0 Å². The second kappa shape index (κ2) is 9.89. The Labute approximate surface area is 229 Å². The molecule has 40 heavy (non-hydrogen) atoms. The lowest BCUT2D eigenvalue weighted by Crippen LogP contribution is -2.51. The molecule has 3 aliphatic rings. The summed E-state index contributed by atoms with van der Waals surface area (Å²) in [4.78, 5) is 22.7. The number of nitrogens with one attached hydrogen (secondary N) is 1. The molecule has 0 aliphatic carbocycles. The zero-order valence-corrected chi connectivity index (χ0v) is 21.9. The fourth-order valence-corrected chi connectivity index (χ4v) is 6.44. The molecule has 0 radical (unpaired) electrons. The molecule has 0 bridgehead atoms.